The number of aliphatic hydroxyl groups excluding tert-OH is 1. The van der Waals surface area contributed by atoms with Gasteiger partial charge in [0.05, 0.1) is 6.10 Å². The van der Waals surface area contributed by atoms with Gasteiger partial charge in [-0.15, -0.1) is 0 Å². The predicted molar refractivity (Wildman–Crippen MR) is 90.1 cm³/mol. The maximum atomic E-state index is 12.7. The van der Waals surface area contributed by atoms with Crippen molar-refractivity contribution in [2.75, 3.05) is 45.1 Å². The first-order valence-electron chi connectivity index (χ1n) is 8.60. The number of rotatable bonds is 3. The van der Waals surface area contributed by atoms with Gasteiger partial charge in [-0.3, -0.25) is 9.69 Å². The van der Waals surface area contributed by atoms with Gasteiger partial charge in [0.25, 0.3) is 0 Å². The number of anilines is 1. The molecule has 1 atom stereocenters. The largest absolute Gasteiger partial charge is 0.390 e. The van der Waals surface area contributed by atoms with Gasteiger partial charge in [0.2, 0.25) is 5.91 Å². The highest BCUT2D eigenvalue weighted by molar-refractivity contribution is 5.79. The van der Waals surface area contributed by atoms with Crippen molar-refractivity contribution in [2.24, 2.45) is 5.92 Å². The van der Waals surface area contributed by atoms with Gasteiger partial charge in [-0.25, -0.2) is 4.98 Å². The van der Waals surface area contributed by atoms with E-state index in [1.165, 1.54) is 0 Å². The average molecular weight is 334 g/mol. The molecule has 7 nitrogen and oxygen atoms in total. The van der Waals surface area contributed by atoms with E-state index in [0.29, 0.717) is 45.2 Å². The maximum absolute atomic E-state index is 12.7. The van der Waals surface area contributed by atoms with Gasteiger partial charge in [0.1, 0.15) is 5.82 Å². The lowest BCUT2D eigenvalue weighted by Gasteiger charge is -2.29. The summed E-state index contributed by atoms with van der Waals surface area (Å²) in [4.78, 5) is 20.7. The Bertz CT molecular complexity index is 563. The van der Waals surface area contributed by atoms with Crippen LogP contribution in [0.25, 0.3) is 0 Å². The molecule has 0 aliphatic carbocycles. The number of ether oxygens (including phenoxy) is 1. The molecule has 3 rings (SSSR count). The van der Waals surface area contributed by atoms with Crippen molar-refractivity contribution >= 4 is 11.7 Å². The molecular formula is C17H26N4O3. The summed E-state index contributed by atoms with van der Waals surface area (Å²) in [6, 6.07) is 3.81. The standard InChI is InChI=1S/C17H26N4O3/c18-16-14(2-1-5-19-16)10-20-6-7-21(12-15(22)11-20)17(23)13-3-8-24-9-4-13/h1-2,5,13,15,22H,3-4,6-12H2,(H2,18,19). The molecule has 2 aliphatic heterocycles. The van der Waals surface area contributed by atoms with Gasteiger partial charge >= 0.3 is 0 Å². The minimum atomic E-state index is -0.547. The zero-order valence-corrected chi connectivity index (χ0v) is 13.9. The fraction of sp³-hybridized carbons (Fsp3) is 0.647. The highest BCUT2D eigenvalue weighted by Crippen LogP contribution is 2.19. The zero-order valence-electron chi connectivity index (χ0n) is 13.9. The lowest BCUT2D eigenvalue weighted by Crippen LogP contribution is -2.42. The number of aliphatic hydroxyl groups is 1. The molecule has 2 fully saturated rings. The van der Waals surface area contributed by atoms with Crippen molar-refractivity contribution in [1.82, 2.24) is 14.8 Å². The molecule has 1 amide bonds. The van der Waals surface area contributed by atoms with Gasteiger partial charge in [-0.1, -0.05) is 6.07 Å². The smallest absolute Gasteiger partial charge is 0.225 e. The van der Waals surface area contributed by atoms with Crippen molar-refractivity contribution in [1.29, 1.82) is 0 Å². The molecule has 2 aliphatic rings. The van der Waals surface area contributed by atoms with Crippen LogP contribution in [0.5, 0.6) is 0 Å². The van der Waals surface area contributed by atoms with E-state index in [1.54, 1.807) is 6.20 Å². The molecule has 0 aromatic carbocycles. The Hall–Kier alpha value is -1.70. The van der Waals surface area contributed by atoms with E-state index in [-0.39, 0.29) is 11.8 Å². The van der Waals surface area contributed by atoms with E-state index in [1.807, 2.05) is 17.0 Å². The molecule has 0 spiro atoms. The van der Waals surface area contributed by atoms with Crippen molar-refractivity contribution in [2.45, 2.75) is 25.5 Å². The summed E-state index contributed by atoms with van der Waals surface area (Å²) in [5, 5.41) is 10.3. The van der Waals surface area contributed by atoms with Crippen LogP contribution in [0.4, 0.5) is 5.82 Å². The maximum Gasteiger partial charge on any atom is 0.225 e. The summed E-state index contributed by atoms with van der Waals surface area (Å²) in [7, 11) is 0. The van der Waals surface area contributed by atoms with E-state index in [4.69, 9.17) is 10.5 Å². The number of carbonyl (C=O) groups is 1. The first kappa shape index (κ1) is 17.1. The second-order valence-electron chi connectivity index (χ2n) is 6.61. The fourth-order valence-corrected chi connectivity index (χ4v) is 3.43. The van der Waals surface area contributed by atoms with Gasteiger partial charge in [0.15, 0.2) is 0 Å². The third-order valence-electron chi connectivity index (χ3n) is 4.79. The second-order valence-corrected chi connectivity index (χ2v) is 6.61. The first-order valence-corrected chi connectivity index (χ1v) is 8.60. The lowest BCUT2D eigenvalue weighted by atomic mass is 9.98. The number of aromatic nitrogens is 1. The minimum Gasteiger partial charge on any atom is -0.390 e. The third kappa shape index (κ3) is 4.23. The number of nitrogens with zero attached hydrogens (tertiary/aromatic N) is 3. The van der Waals surface area contributed by atoms with Crippen molar-refractivity contribution in [3.05, 3.63) is 23.9 Å². The van der Waals surface area contributed by atoms with Crippen LogP contribution >= 0.6 is 0 Å². The van der Waals surface area contributed by atoms with E-state index in [0.717, 1.165) is 24.9 Å². The highest BCUT2D eigenvalue weighted by Gasteiger charge is 2.30. The van der Waals surface area contributed by atoms with Crippen LogP contribution in [0, 0.1) is 5.92 Å². The summed E-state index contributed by atoms with van der Waals surface area (Å²) in [5.74, 6) is 0.706. The van der Waals surface area contributed by atoms with Gasteiger partial charge < -0.3 is 20.5 Å². The molecule has 1 aromatic rings. The monoisotopic (exact) mass is 334 g/mol. The molecule has 1 unspecified atom stereocenters. The molecule has 2 saturated heterocycles. The normalized spacial score (nSPS) is 23.9. The summed E-state index contributed by atoms with van der Waals surface area (Å²) >= 11 is 0. The minimum absolute atomic E-state index is 0.0338. The molecular weight excluding hydrogens is 308 g/mol. The lowest BCUT2D eigenvalue weighted by molar-refractivity contribution is -0.139. The van der Waals surface area contributed by atoms with Crippen molar-refractivity contribution < 1.29 is 14.6 Å². The summed E-state index contributed by atoms with van der Waals surface area (Å²) in [5.41, 5.74) is 6.86. The number of pyridine rings is 1. The van der Waals surface area contributed by atoms with Crippen LogP contribution in [-0.4, -0.2) is 71.3 Å². The van der Waals surface area contributed by atoms with E-state index in [9.17, 15) is 9.90 Å². The summed E-state index contributed by atoms with van der Waals surface area (Å²) in [6.45, 7) is 4.23. The Morgan fingerprint density at radius 1 is 1.33 bits per heavy atom. The molecule has 3 N–H and O–H groups in total. The van der Waals surface area contributed by atoms with Gasteiger partial charge in [-0.05, 0) is 18.9 Å². The van der Waals surface area contributed by atoms with E-state index in [2.05, 4.69) is 9.88 Å². The Balaban J connectivity index is 1.60. The quantitative estimate of drug-likeness (QED) is 0.814. The van der Waals surface area contributed by atoms with Gasteiger partial charge in [-0.2, -0.15) is 0 Å². The average Bonchev–Trinajstić information content (AvgIpc) is 2.78. The number of nitrogens with two attached hydrogens (primary N) is 1. The number of hydrogen-bond donors (Lipinski definition) is 2. The molecule has 24 heavy (non-hydrogen) atoms. The van der Waals surface area contributed by atoms with E-state index < -0.39 is 6.10 Å². The molecule has 0 saturated carbocycles. The third-order valence-corrected chi connectivity index (χ3v) is 4.79. The SMILES string of the molecule is Nc1ncccc1CN1CCN(C(=O)C2CCOCC2)CC(O)C1. The van der Waals surface area contributed by atoms with Gasteiger partial charge in [0, 0.05) is 63.6 Å². The van der Waals surface area contributed by atoms with Crippen LogP contribution in [0.3, 0.4) is 0 Å². The molecule has 132 valence electrons. The molecule has 7 heteroatoms. The van der Waals surface area contributed by atoms with Crippen molar-refractivity contribution in [3.8, 4) is 0 Å². The molecule has 0 bridgehead atoms. The summed E-state index contributed by atoms with van der Waals surface area (Å²) in [6.07, 6.45) is 2.68. The zero-order chi connectivity index (χ0) is 16.9. The van der Waals surface area contributed by atoms with Crippen molar-refractivity contribution in [3.63, 3.8) is 0 Å². The van der Waals surface area contributed by atoms with E-state index >= 15 is 0 Å². The Kier molecular flexibility index (Phi) is 5.65. The Morgan fingerprint density at radius 3 is 2.88 bits per heavy atom. The molecule has 1 aromatic heterocycles. The topological polar surface area (TPSA) is 91.9 Å². The number of hydrogen-bond acceptors (Lipinski definition) is 6. The highest BCUT2D eigenvalue weighted by atomic mass is 16.5. The van der Waals surface area contributed by atoms with Crippen LogP contribution in [-0.2, 0) is 16.1 Å². The number of β-amino-alcohol motifs (C(OH)–C–C–N with tert-alkyl or cyclic N) is 1. The number of amides is 1. The molecule has 3 heterocycles. The Morgan fingerprint density at radius 2 is 2.12 bits per heavy atom. The predicted octanol–water partition coefficient (Wildman–Crippen LogP) is 0.0955. The van der Waals surface area contributed by atoms with Crippen LogP contribution in [0.1, 0.15) is 18.4 Å². The van der Waals surface area contributed by atoms with Crippen LogP contribution in [0.2, 0.25) is 0 Å². The fourth-order valence-electron chi connectivity index (χ4n) is 3.43. The Labute approximate surface area is 142 Å². The number of nitrogen functional groups attached to an aromatic ring is 1. The second kappa shape index (κ2) is 7.92. The first-order chi connectivity index (χ1) is 11.6. The van der Waals surface area contributed by atoms with Crippen LogP contribution < -0.4 is 5.73 Å². The number of carbonyl (C=O) groups excluding carboxylic acids is 1. The molecule has 0 radical (unpaired) electrons. The van der Waals surface area contributed by atoms with Crippen LogP contribution in [0.15, 0.2) is 18.3 Å². The summed E-state index contributed by atoms with van der Waals surface area (Å²) < 4.78 is 5.33.